The lowest BCUT2D eigenvalue weighted by Crippen LogP contribution is -2.38. The maximum absolute atomic E-state index is 12.9. The van der Waals surface area contributed by atoms with E-state index < -0.39 is 0 Å². The molecule has 1 aliphatic rings. The van der Waals surface area contributed by atoms with Crippen LogP contribution in [0.5, 0.6) is 0 Å². The summed E-state index contributed by atoms with van der Waals surface area (Å²) >= 11 is 2.76. The number of aromatic nitrogens is 2. The fraction of sp³-hybridized carbons (Fsp3) is 0.400. The van der Waals surface area contributed by atoms with E-state index in [1.54, 1.807) is 0 Å². The predicted octanol–water partition coefficient (Wildman–Crippen LogP) is 2.97. The summed E-state index contributed by atoms with van der Waals surface area (Å²) in [6.45, 7) is 1.70. The summed E-state index contributed by atoms with van der Waals surface area (Å²) in [6.07, 6.45) is 3.38. The molecule has 1 aromatic carbocycles. The Bertz CT molecular complexity index is 625. The van der Waals surface area contributed by atoms with Crippen molar-refractivity contribution in [3.63, 3.8) is 0 Å². The zero-order chi connectivity index (χ0) is 15.4. The monoisotopic (exact) mass is 334 g/mol. The lowest BCUT2D eigenvalue weighted by atomic mass is 10.1. The number of nitrogens with zero attached hydrogens (tertiary/aromatic N) is 3. The lowest BCUT2D eigenvalue weighted by molar-refractivity contribution is -0.131. The van der Waals surface area contributed by atoms with Gasteiger partial charge in [0.2, 0.25) is 11.0 Å². The van der Waals surface area contributed by atoms with Crippen LogP contribution in [0.4, 0.5) is 5.13 Å². The zero-order valence-electron chi connectivity index (χ0n) is 12.1. The molecule has 1 aliphatic heterocycles. The average molecular weight is 334 g/mol. The van der Waals surface area contributed by atoms with E-state index in [2.05, 4.69) is 10.2 Å². The highest BCUT2D eigenvalue weighted by Crippen LogP contribution is 2.38. The maximum atomic E-state index is 12.9. The third-order valence-corrected chi connectivity index (χ3v) is 5.71. The van der Waals surface area contributed by atoms with Crippen molar-refractivity contribution in [1.29, 1.82) is 0 Å². The van der Waals surface area contributed by atoms with Gasteiger partial charge in [0.25, 0.3) is 0 Å². The summed E-state index contributed by atoms with van der Waals surface area (Å²) in [7, 11) is 0. The number of nitrogens with two attached hydrogens (primary N) is 1. The van der Waals surface area contributed by atoms with Crippen molar-refractivity contribution in [2.75, 3.05) is 18.8 Å². The fourth-order valence-corrected chi connectivity index (χ4v) is 4.45. The van der Waals surface area contributed by atoms with E-state index in [0.717, 1.165) is 35.8 Å². The van der Waals surface area contributed by atoms with E-state index >= 15 is 0 Å². The highest BCUT2D eigenvalue weighted by Gasteiger charge is 2.28. The van der Waals surface area contributed by atoms with Crippen LogP contribution in [0.2, 0.25) is 0 Å². The number of anilines is 1. The Hall–Kier alpha value is -1.60. The number of carbonyl (C=O) groups excluding carboxylic acids is 1. The smallest absolute Gasteiger partial charge is 0.240 e. The molecular weight excluding hydrogens is 316 g/mol. The third-order valence-electron chi connectivity index (χ3n) is 3.64. The molecule has 1 fully saturated rings. The number of amides is 1. The Kier molecular flexibility index (Phi) is 4.94. The van der Waals surface area contributed by atoms with Crippen LogP contribution in [-0.2, 0) is 4.79 Å². The van der Waals surface area contributed by atoms with Gasteiger partial charge in [-0.25, -0.2) is 0 Å². The van der Waals surface area contributed by atoms with Gasteiger partial charge in [-0.3, -0.25) is 4.79 Å². The molecule has 5 nitrogen and oxygen atoms in total. The fourth-order valence-electron chi connectivity index (χ4n) is 2.54. The molecule has 116 valence electrons. The molecule has 1 aromatic heterocycles. The van der Waals surface area contributed by atoms with Crippen LogP contribution >= 0.6 is 23.1 Å². The quantitative estimate of drug-likeness (QED) is 0.870. The van der Waals surface area contributed by atoms with Gasteiger partial charge in [0, 0.05) is 13.1 Å². The van der Waals surface area contributed by atoms with E-state index in [1.807, 2.05) is 35.2 Å². The summed E-state index contributed by atoms with van der Waals surface area (Å²) in [6, 6.07) is 9.86. The molecule has 3 rings (SSSR count). The lowest BCUT2D eigenvalue weighted by Gasteiger charge is -2.30. The number of carbonyl (C=O) groups is 1. The number of rotatable bonds is 4. The molecule has 2 heterocycles. The highest BCUT2D eigenvalue weighted by molar-refractivity contribution is 8.01. The van der Waals surface area contributed by atoms with Crippen LogP contribution in [0.15, 0.2) is 34.7 Å². The number of benzene rings is 1. The van der Waals surface area contributed by atoms with Crippen molar-refractivity contribution in [2.24, 2.45) is 0 Å². The number of piperidine rings is 1. The second-order valence-electron chi connectivity index (χ2n) is 5.20. The Balaban J connectivity index is 1.83. The summed E-state index contributed by atoms with van der Waals surface area (Å²) in [4.78, 5) is 14.9. The van der Waals surface area contributed by atoms with E-state index in [9.17, 15) is 4.79 Å². The first-order valence-corrected chi connectivity index (χ1v) is 9.03. The van der Waals surface area contributed by atoms with Crippen LogP contribution in [0.3, 0.4) is 0 Å². The summed E-state index contributed by atoms with van der Waals surface area (Å²) in [5.41, 5.74) is 6.65. The van der Waals surface area contributed by atoms with E-state index in [1.165, 1.54) is 29.5 Å². The molecule has 1 saturated heterocycles. The van der Waals surface area contributed by atoms with Crippen LogP contribution in [-0.4, -0.2) is 34.1 Å². The normalized spacial score (nSPS) is 16.5. The molecule has 1 atom stereocenters. The van der Waals surface area contributed by atoms with Gasteiger partial charge in [0.05, 0.1) is 0 Å². The third kappa shape index (κ3) is 3.59. The van der Waals surface area contributed by atoms with Crippen molar-refractivity contribution in [3.8, 4) is 0 Å². The van der Waals surface area contributed by atoms with Crippen LogP contribution in [0, 0.1) is 0 Å². The number of nitrogen functional groups attached to an aromatic ring is 1. The summed E-state index contributed by atoms with van der Waals surface area (Å²) in [5, 5.41) is 8.02. The maximum Gasteiger partial charge on any atom is 0.240 e. The standard InChI is InChI=1S/C15H18N4OS2/c16-14-17-18-15(22-14)21-12(11-7-3-1-4-8-11)13(20)19-9-5-2-6-10-19/h1,3-4,7-8,12H,2,5-6,9-10H2,(H2,16,17). The second kappa shape index (κ2) is 7.11. The largest absolute Gasteiger partial charge is 0.374 e. The van der Waals surface area contributed by atoms with Gasteiger partial charge in [-0.05, 0) is 24.8 Å². The minimum atomic E-state index is -0.286. The van der Waals surface area contributed by atoms with Crippen molar-refractivity contribution in [1.82, 2.24) is 15.1 Å². The molecule has 22 heavy (non-hydrogen) atoms. The van der Waals surface area contributed by atoms with E-state index in [0.29, 0.717) is 5.13 Å². The predicted molar refractivity (Wildman–Crippen MR) is 89.8 cm³/mol. The average Bonchev–Trinajstić information content (AvgIpc) is 2.99. The first-order chi connectivity index (χ1) is 10.7. The van der Waals surface area contributed by atoms with Gasteiger partial charge in [-0.2, -0.15) is 0 Å². The minimum Gasteiger partial charge on any atom is -0.374 e. The molecular formula is C15H18N4OS2. The first kappa shape index (κ1) is 15.3. The molecule has 1 unspecified atom stereocenters. The van der Waals surface area contributed by atoms with Crippen molar-refractivity contribution >= 4 is 34.1 Å². The molecule has 0 radical (unpaired) electrons. The summed E-state index contributed by atoms with van der Waals surface area (Å²) < 4.78 is 0.733. The molecule has 0 spiro atoms. The Morgan fingerprint density at radius 2 is 1.91 bits per heavy atom. The number of hydrogen-bond acceptors (Lipinski definition) is 6. The molecule has 0 bridgehead atoms. The van der Waals surface area contributed by atoms with Crippen molar-refractivity contribution < 1.29 is 4.79 Å². The van der Waals surface area contributed by atoms with Crippen LogP contribution in [0.25, 0.3) is 0 Å². The zero-order valence-corrected chi connectivity index (χ0v) is 13.8. The Labute approximate surface area is 137 Å². The molecule has 0 aliphatic carbocycles. The molecule has 7 heteroatoms. The van der Waals surface area contributed by atoms with Crippen molar-refractivity contribution in [3.05, 3.63) is 35.9 Å². The van der Waals surface area contributed by atoms with E-state index in [-0.39, 0.29) is 11.2 Å². The van der Waals surface area contributed by atoms with Gasteiger partial charge < -0.3 is 10.6 Å². The molecule has 2 N–H and O–H groups in total. The van der Waals surface area contributed by atoms with Crippen molar-refractivity contribution in [2.45, 2.75) is 28.9 Å². The van der Waals surface area contributed by atoms with Gasteiger partial charge >= 0.3 is 0 Å². The van der Waals surface area contributed by atoms with Gasteiger partial charge in [0.15, 0.2) is 4.34 Å². The minimum absolute atomic E-state index is 0.157. The van der Waals surface area contributed by atoms with Crippen LogP contribution in [0.1, 0.15) is 30.1 Å². The van der Waals surface area contributed by atoms with Gasteiger partial charge in [0.1, 0.15) is 5.25 Å². The number of thioether (sulfide) groups is 1. The SMILES string of the molecule is Nc1nnc(SC(C(=O)N2CCCCC2)c2ccccc2)s1. The molecule has 0 saturated carbocycles. The molecule has 1 amide bonds. The number of hydrogen-bond donors (Lipinski definition) is 1. The Morgan fingerprint density at radius 1 is 1.18 bits per heavy atom. The highest BCUT2D eigenvalue weighted by atomic mass is 32.2. The topological polar surface area (TPSA) is 72.1 Å². The van der Waals surface area contributed by atoms with Gasteiger partial charge in [-0.15, -0.1) is 10.2 Å². The van der Waals surface area contributed by atoms with Gasteiger partial charge in [-0.1, -0.05) is 53.4 Å². The summed E-state index contributed by atoms with van der Waals surface area (Å²) in [5.74, 6) is 0.157. The Morgan fingerprint density at radius 3 is 2.55 bits per heavy atom. The second-order valence-corrected chi connectivity index (χ2v) is 7.56. The first-order valence-electron chi connectivity index (χ1n) is 7.33. The number of likely N-dealkylation sites (tertiary alicyclic amines) is 1. The van der Waals surface area contributed by atoms with E-state index in [4.69, 9.17) is 5.73 Å². The molecule has 2 aromatic rings. The van der Waals surface area contributed by atoms with Crippen LogP contribution < -0.4 is 5.73 Å².